The Balaban J connectivity index is 0.997. The Kier molecular flexibility index (Phi) is 5.91. The Morgan fingerprint density at radius 2 is 1.71 bits per heavy atom. The zero-order chi connectivity index (χ0) is 25.8. The number of benzene rings is 1. The minimum Gasteiger partial charge on any atom is -0.489 e. The number of hydrogen-bond donors (Lipinski definition) is 1. The number of imide groups is 1. The zero-order valence-corrected chi connectivity index (χ0v) is 21.5. The van der Waals surface area contributed by atoms with Crippen molar-refractivity contribution in [3.63, 3.8) is 0 Å². The quantitative estimate of drug-likeness (QED) is 0.590. The lowest BCUT2D eigenvalue weighted by Gasteiger charge is -2.47. The summed E-state index contributed by atoms with van der Waals surface area (Å²) < 4.78 is 6.56. The number of piperidine rings is 1. The monoisotopic (exact) mass is 515 g/mol. The third-order valence-corrected chi connectivity index (χ3v) is 8.93. The number of amides is 3. The van der Waals surface area contributed by atoms with Gasteiger partial charge in [0.1, 0.15) is 23.7 Å². The second-order valence-corrected chi connectivity index (χ2v) is 11.5. The van der Waals surface area contributed by atoms with Crippen LogP contribution in [-0.4, -0.2) is 68.8 Å². The maximum absolute atomic E-state index is 13.0. The SMILES string of the molecule is O=C1CCC(N2Cc3cc(O[C@@H]4CCCC[C@@H]4N4CC(c5ncc(C6CC6)cn5)C4)ccc3C2=O)C(=O)N1. The van der Waals surface area contributed by atoms with E-state index in [1.165, 1.54) is 24.8 Å². The van der Waals surface area contributed by atoms with Crippen molar-refractivity contribution in [1.82, 2.24) is 25.1 Å². The molecular formula is C29H33N5O4. The summed E-state index contributed by atoms with van der Waals surface area (Å²) in [5.74, 6) is 1.98. The van der Waals surface area contributed by atoms with Crippen molar-refractivity contribution in [3.05, 3.63) is 53.1 Å². The number of aromatic nitrogens is 2. The van der Waals surface area contributed by atoms with Gasteiger partial charge >= 0.3 is 0 Å². The second kappa shape index (κ2) is 9.45. The minimum atomic E-state index is -0.604. The Morgan fingerprint density at radius 3 is 2.47 bits per heavy atom. The van der Waals surface area contributed by atoms with Crippen LogP contribution >= 0.6 is 0 Å². The van der Waals surface area contributed by atoms with E-state index >= 15 is 0 Å². The summed E-state index contributed by atoms with van der Waals surface area (Å²) in [7, 11) is 0. The van der Waals surface area contributed by atoms with E-state index in [1.807, 2.05) is 30.6 Å². The van der Waals surface area contributed by atoms with Gasteiger partial charge in [-0.3, -0.25) is 24.6 Å². The Labute approximate surface area is 222 Å². The summed E-state index contributed by atoms with van der Waals surface area (Å²) in [4.78, 5) is 50.3. The second-order valence-electron chi connectivity index (χ2n) is 11.5. The van der Waals surface area contributed by atoms with Crippen LogP contribution in [0, 0.1) is 0 Å². The first-order valence-corrected chi connectivity index (χ1v) is 14.0. The van der Waals surface area contributed by atoms with Crippen molar-refractivity contribution in [1.29, 1.82) is 0 Å². The van der Waals surface area contributed by atoms with Crippen molar-refractivity contribution >= 4 is 17.7 Å². The molecule has 2 aromatic rings. The third-order valence-electron chi connectivity index (χ3n) is 8.93. The van der Waals surface area contributed by atoms with Crippen molar-refractivity contribution in [2.45, 2.75) is 87.9 Å². The fourth-order valence-corrected chi connectivity index (χ4v) is 6.56. The van der Waals surface area contributed by atoms with E-state index in [4.69, 9.17) is 4.74 Å². The molecule has 9 nitrogen and oxygen atoms in total. The van der Waals surface area contributed by atoms with Gasteiger partial charge in [-0.05, 0) is 73.8 Å². The highest BCUT2D eigenvalue weighted by Crippen LogP contribution is 2.40. The van der Waals surface area contributed by atoms with Gasteiger partial charge in [-0.2, -0.15) is 0 Å². The lowest BCUT2D eigenvalue weighted by atomic mass is 9.86. The molecule has 5 aliphatic rings. The maximum Gasteiger partial charge on any atom is 0.255 e. The Morgan fingerprint density at radius 1 is 0.921 bits per heavy atom. The molecule has 9 heteroatoms. The summed E-state index contributed by atoms with van der Waals surface area (Å²) >= 11 is 0. The standard InChI is InChI=1S/C29H33N5O4/c35-26-10-9-24(28(36)32-26)34-16-18-11-21(7-8-22(18)29(34)37)38-25-4-2-1-3-23(25)33-14-20(15-33)27-30-12-19(13-31-27)17-5-6-17/h7-8,11-13,17,20,23-25H,1-6,9-10,14-16H2,(H,32,35,36)/t23-,24?,25+/m0/s1. The van der Waals surface area contributed by atoms with E-state index < -0.39 is 6.04 Å². The van der Waals surface area contributed by atoms with Gasteiger partial charge in [-0.25, -0.2) is 9.97 Å². The van der Waals surface area contributed by atoms with Crippen molar-refractivity contribution in [2.24, 2.45) is 0 Å². The Bertz CT molecular complexity index is 1270. The number of fused-ring (bicyclic) bond motifs is 1. The lowest BCUT2D eigenvalue weighted by molar-refractivity contribution is -0.136. The number of carbonyl (C=O) groups is 3. The van der Waals surface area contributed by atoms with Gasteiger partial charge in [0.2, 0.25) is 11.8 Å². The van der Waals surface area contributed by atoms with Gasteiger partial charge in [0, 0.05) is 56.0 Å². The molecule has 2 saturated carbocycles. The molecule has 38 heavy (non-hydrogen) atoms. The summed E-state index contributed by atoms with van der Waals surface area (Å²) in [5, 5.41) is 2.36. The molecule has 0 radical (unpaired) electrons. The molecular weight excluding hydrogens is 482 g/mol. The number of hydrogen-bond acceptors (Lipinski definition) is 7. The van der Waals surface area contributed by atoms with Gasteiger partial charge in [-0.15, -0.1) is 0 Å². The lowest BCUT2D eigenvalue weighted by Crippen LogP contribution is -2.57. The predicted molar refractivity (Wildman–Crippen MR) is 137 cm³/mol. The normalized spacial score (nSPS) is 28.2. The van der Waals surface area contributed by atoms with Crippen molar-refractivity contribution in [2.75, 3.05) is 13.1 Å². The highest BCUT2D eigenvalue weighted by molar-refractivity contribution is 6.05. The number of nitrogens with zero attached hydrogens (tertiary/aromatic N) is 4. The van der Waals surface area contributed by atoms with E-state index in [2.05, 4.69) is 20.2 Å². The van der Waals surface area contributed by atoms with Crippen LogP contribution < -0.4 is 10.1 Å². The van der Waals surface area contributed by atoms with Crippen LogP contribution in [0.2, 0.25) is 0 Å². The van der Waals surface area contributed by atoms with Crippen molar-refractivity contribution in [3.8, 4) is 5.75 Å². The molecule has 7 rings (SSSR count). The first-order valence-electron chi connectivity index (χ1n) is 14.0. The van der Waals surface area contributed by atoms with E-state index in [-0.39, 0.29) is 30.2 Å². The van der Waals surface area contributed by atoms with Gasteiger partial charge in [-0.1, -0.05) is 6.42 Å². The molecule has 198 valence electrons. The molecule has 1 unspecified atom stereocenters. The minimum absolute atomic E-state index is 0.101. The van der Waals surface area contributed by atoms with E-state index in [0.717, 1.165) is 49.5 Å². The highest BCUT2D eigenvalue weighted by Gasteiger charge is 2.42. The molecule has 0 bridgehead atoms. The van der Waals surface area contributed by atoms with E-state index in [9.17, 15) is 14.4 Å². The van der Waals surface area contributed by atoms with Gasteiger partial charge in [0.15, 0.2) is 0 Å². The molecule has 2 aliphatic carbocycles. The molecule has 4 heterocycles. The summed E-state index contributed by atoms with van der Waals surface area (Å²) in [6, 6.07) is 5.41. The number of rotatable bonds is 6. The third kappa shape index (κ3) is 4.36. The van der Waals surface area contributed by atoms with Crippen LogP contribution in [0.1, 0.15) is 90.5 Å². The summed E-state index contributed by atoms with van der Waals surface area (Å²) in [6.07, 6.45) is 11.8. The van der Waals surface area contributed by atoms with Crippen LogP contribution in [0.25, 0.3) is 0 Å². The smallest absolute Gasteiger partial charge is 0.255 e. The van der Waals surface area contributed by atoms with Gasteiger partial charge < -0.3 is 9.64 Å². The highest BCUT2D eigenvalue weighted by atomic mass is 16.5. The molecule has 3 aliphatic heterocycles. The molecule has 3 atom stereocenters. The largest absolute Gasteiger partial charge is 0.489 e. The van der Waals surface area contributed by atoms with Crippen LogP contribution in [0.3, 0.4) is 0 Å². The number of carbonyl (C=O) groups excluding carboxylic acids is 3. The topological polar surface area (TPSA) is 105 Å². The summed E-state index contributed by atoms with van der Waals surface area (Å²) in [6.45, 7) is 2.29. The number of likely N-dealkylation sites (tertiary alicyclic amines) is 1. The molecule has 1 N–H and O–H groups in total. The average molecular weight is 516 g/mol. The van der Waals surface area contributed by atoms with Crippen molar-refractivity contribution < 1.29 is 19.1 Å². The summed E-state index contributed by atoms with van der Waals surface area (Å²) in [5.41, 5.74) is 2.77. The molecule has 2 saturated heterocycles. The van der Waals surface area contributed by atoms with Gasteiger partial charge in [0.05, 0.1) is 0 Å². The molecule has 1 aromatic carbocycles. The molecule has 4 fully saturated rings. The maximum atomic E-state index is 13.0. The zero-order valence-electron chi connectivity index (χ0n) is 21.5. The molecule has 1 aromatic heterocycles. The van der Waals surface area contributed by atoms with Gasteiger partial charge in [0.25, 0.3) is 5.91 Å². The van der Waals surface area contributed by atoms with Crippen LogP contribution in [0.4, 0.5) is 0 Å². The van der Waals surface area contributed by atoms with Crippen LogP contribution in [0.15, 0.2) is 30.6 Å². The number of nitrogens with one attached hydrogen (secondary N) is 1. The predicted octanol–water partition coefficient (Wildman–Crippen LogP) is 2.90. The molecule has 3 amide bonds. The first kappa shape index (κ1) is 23.8. The van der Waals surface area contributed by atoms with E-state index in [0.29, 0.717) is 36.4 Å². The average Bonchev–Trinajstić information content (AvgIpc) is 3.69. The first-order chi connectivity index (χ1) is 18.5. The van der Waals surface area contributed by atoms with Crippen LogP contribution in [0.5, 0.6) is 5.75 Å². The Hall–Kier alpha value is -3.33. The molecule has 0 spiro atoms. The number of ether oxygens (including phenoxy) is 1. The fourth-order valence-electron chi connectivity index (χ4n) is 6.56. The van der Waals surface area contributed by atoms with E-state index in [1.54, 1.807) is 4.90 Å². The fraction of sp³-hybridized carbons (Fsp3) is 0.552. The van der Waals surface area contributed by atoms with Crippen LogP contribution in [-0.2, 0) is 16.1 Å².